The maximum absolute atomic E-state index is 12.1. The number of carbonyl (C=O) groups excluding carboxylic acids is 1. The molecule has 18 heavy (non-hydrogen) atoms. The molecular weight excluding hydrogens is 246 g/mol. The van der Waals surface area contributed by atoms with Crippen LogP contribution >= 0.6 is 11.3 Å². The molecule has 1 N–H and O–H groups in total. The van der Waals surface area contributed by atoms with Crippen LogP contribution in [0.3, 0.4) is 0 Å². The number of hydrogen-bond acceptors (Lipinski definition) is 3. The molecule has 3 aromatic rings. The van der Waals surface area contributed by atoms with Gasteiger partial charge in [-0.15, -0.1) is 11.3 Å². The molecule has 0 aliphatic rings. The van der Waals surface area contributed by atoms with Gasteiger partial charge in [-0.05, 0) is 18.6 Å². The van der Waals surface area contributed by atoms with Crippen LogP contribution in [0.15, 0.2) is 42.0 Å². The Bertz CT molecular complexity index is 685. The van der Waals surface area contributed by atoms with Crippen LogP contribution in [0.25, 0.3) is 4.96 Å². The number of hydrogen-bond donors (Lipinski definition) is 1. The summed E-state index contributed by atoms with van der Waals surface area (Å²) in [4.78, 5) is 17.1. The van der Waals surface area contributed by atoms with Gasteiger partial charge in [0.25, 0.3) is 5.91 Å². The first-order valence-corrected chi connectivity index (χ1v) is 6.41. The molecule has 0 radical (unpaired) electrons. The molecule has 5 heteroatoms. The van der Waals surface area contributed by atoms with Crippen LogP contribution in [0.5, 0.6) is 0 Å². The van der Waals surface area contributed by atoms with Crippen LogP contribution in [0.2, 0.25) is 0 Å². The van der Waals surface area contributed by atoms with Gasteiger partial charge in [0.2, 0.25) is 0 Å². The van der Waals surface area contributed by atoms with E-state index in [0.717, 1.165) is 16.2 Å². The van der Waals surface area contributed by atoms with Gasteiger partial charge < -0.3 is 5.32 Å². The summed E-state index contributed by atoms with van der Waals surface area (Å²) in [6, 6.07) is 7.68. The fraction of sp³-hybridized carbons (Fsp3) is 0.0769. The normalized spacial score (nSPS) is 10.7. The van der Waals surface area contributed by atoms with Gasteiger partial charge in [-0.2, -0.15) is 0 Å². The van der Waals surface area contributed by atoms with Crippen molar-refractivity contribution in [2.75, 3.05) is 5.32 Å². The first kappa shape index (κ1) is 11.0. The Hall–Kier alpha value is -2.14. The maximum Gasteiger partial charge on any atom is 0.275 e. The van der Waals surface area contributed by atoms with E-state index in [1.54, 1.807) is 6.20 Å². The SMILES string of the molecule is Cc1ccccc1NC(=O)c1cn2ccsc2n1. The summed E-state index contributed by atoms with van der Waals surface area (Å²) >= 11 is 1.51. The lowest BCUT2D eigenvalue weighted by Gasteiger charge is -2.05. The van der Waals surface area contributed by atoms with Crippen molar-refractivity contribution in [1.29, 1.82) is 0 Å². The number of anilines is 1. The number of benzene rings is 1. The molecule has 1 amide bonds. The van der Waals surface area contributed by atoms with Crippen molar-refractivity contribution in [3.63, 3.8) is 0 Å². The van der Waals surface area contributed by atoms with Gasteiger partial charge >= 0.3 is 0 Å². The number of fused-ring (bicyclic) bond motifs is 1. The molecule has 90 valence electrons. The number of carbonyl (C=O) groups is 1. The largest absolute Gasteiger partial charge is 0.320 e. The predicted molar refractivity (Wildman–Crippen MR) is 72.2 cm³/mol. The van der Waals surface area contributed by atoms with E-state index in [0.29, 0.717) is 5.69 Å². The molecule has 0 spiro atoms. The summed E-state index contributed by atoms with van der Waals surface area (Å²) in [5.74, 6) is -0.180. The monoisotopic (exact) mass is 257 g/mol. The highest BCUT2D eigenvalue weighted by molar-refractivity contribution is 7.15. The van der Waals surface area contributed by atoms with Gasteiger partial charge in [-0.1, -0.05) is 18.2 Å². The third kappa shape index (κ3) is 1.89. The summed E-state index contributed by atoms with van der Waals surface area (Å²) in [7, 11) is 0. The van der Waals surface area contributed by atoms with E-state index in [1.807, 2.05) is 47.2 Å². The van der Waals surface area contributed by atoms with Crippen LogP contribution in [0.4, 0.5) is 5.69 Å². The van der Waals surface area contributed by atoms with Gasteiger partial charge in [0.1, 0.15) is 5.69 Å². The number of para-hydroxylation sites is 1. The van der Waals surface area contributed by atoms with Crippen molar-refractivity contribution in [3.8, 4) is 0 Å². The zero-order chi connectivity index (χ0) is 12.5. The van der Waals surface area contributed by atoms with Crippen molar-refractivity contribution >= 4 is 27.9 Å². The van der Waals surface area contributed by atoms with Gasteiger partial charge in [0, 0.05) is 23.5 Å². The van der Waals surface area contributed by atoms with Gasteiger partial charge in [-0.3, -0.25) is 9.20 Å². The first-order chi connectivity index (χ1) is 8.74. The lowest BCUT2D eigenvalue weighted by Crippen LogP contribution is -2.13. The number of thiazole rings is 1. The zero-order valence-corrected chi connectivity index (χ0v) is 10.6. The highest BCUT2D eigenvalue weighted by Crippen LogP contribution is 2.16. The molecule has 2 heterocycles. The first-order valence-electron chi connectivity index (χ1n) is 5.53. The van der Waals surface area contributed by atoms with Crippen molar-refractivity contribution < 1.29 is 4.79 Å². The number of imidazole rings is 1. The van der Waals surface area contributed by atoms with Crippen LogP contribution in [-0.2, 0) is 0 Å². The highest BCUT2D eigenvalue weighted by atomic mass is 32.1. The lowest BCUT2D eigenvalue weighted by atomic mass is 10.2. The molecule has 2 aromatic heterocycles. The number of aromatic nitrogens is 2. The Morgan fingerprint density at radius 3 is 3.00 bits per heavy atom. The minimum Gasteiger partial charge on any atom is -0.320 e. The minimum atomic E-state index is -0.180. The third-order valence-corrected chi connectivity index (χ3v) is 3.49. The summed E-state index contributed by atoms with van der Waals surface area (Å²) in [6.45, 7) is 1.96. The maximum atomic E-state index is 12.1. The number of nitrogens with one attached hydrogen (secondary N) is 1. The van der Waals surface area contributed by atoms with Crippen molar-refractivity contribution in [1.82, 2.24) is 9.38 Å². The smallest absolute Gasteiger partial charge is 0.275 e. The van der Waals surface area contributed by atoms with Crippen LogP contribution in [0.1, 0.15) is 16.1 Å². The molecule has 4 nitrogen and oxygen atoms in total. The predicted octanol–water partition coefficient (Wildman–Crippen LogP) is 2.96. The second-order valence-corrected chi connectivity index (χ2v) is 4.86. The number of aryl methyl sites for hydroxylation is 1. The fourth-order valence-corrected chi connectivity index (χ4v) is 2.44. The number of nitrogens with zero attached hydrogens (tertiary/aromatic N) is 2. The average molecular weight is 257 g/mol. The quantitative estimate of drug-likeness (QED) is 0.767. The topological polar surface area (TPSA) is 46.4 Å². The molecule has 3 rings (SSSR count). The van der Waals surface area contributed by atoms with Crippen molar-refractivity contribution in [2.45, 2.75) is 6.92 Å². The second-order valence-electron chi connectivity index (χ2n) is 3.99. The van der Waals surface area contributed by atoms with E-state index in [4.69, 9.17) is 0 Å². The molecule has 1 aromatic carbocycles. The van der Waals surface area contributed by atoms with E-state index in [-0.39, 0.29) is 5.91 Å². The van der Waals surface area contributed by atoms with E-state index >= 15 is 0 Å². The average Bonchev–Trinajstić information content (AvgIpc) is 2.92. The lowest BCUT2D eigenvalue weighted by molar-refractivity contribution is 0.102. The molecule has 0 atom stereocenters. The molecule has 0 saturated carbocycles. The van der Waals surface area contributed by atoms with E-state index in [9.17, 15) is 4.79 Å². The van der Waals surface area contributed by atoms with Crippen LogP contribution in [0, 0.1) is 6.92 Å². The Labute approximate surface area is 108 Å². The molecule has 0 unspecified atom stereocenters. The Balaban J connectivity index is 1.87. The molecule has 0 aliphatic heterocycles. The summed E-state index contributed by atoms with van der Waals surface area (Å²) < 4.78 is 1.84. The van der Waals surface area contributed by atoms with Gasteiger partial charge in [-0.25, -0.2) is 4.98 Å². The standard InChI is InChI=1S/C13H11N3OS/c1-9-4-2-3-5-10(9)14-12(17)11-8-16-6-7-18-13(16)15-11/h2-8H,1H3,(H,14,17). The van der Waals surface area contributed by atoms with Crippen molar-refractivity contribution in [2.24, 2.45) is 0 Å². The molecular formula is C13H11N3OS. The van der Waals surface area contributed by atoms with Crippen molar-refractivity contribution in [3.05, 3.63) is 53.3 Å². The molecule has 0 fully saturated rings. The Morgan fingerprint density at radius 2 is 2.22 bits per heavy atom. The van der Waals surface area contributed by atoms with E-state index in [2.05, 4.69) is 10.3 Å². The summed E-state index contributed by atoms with van der Waals surface area (Å²) in [5, 5.41) is 4.80. The molecule has 0 aliphatic carbocycles. The fourth-order valence-electron chi connectivity index (χ4n) is 1.74. The highest BCUT2D eigenvalue weighted by Gasteiger charge is 2.12. The minimum absolute atomic E-state index is 0.180. The zero-order valence-electron chi connectivity index (χ0n) is 9.75. The molecule has 0 saturated heterocycles. The summed E-state index contributed by atoms with van der Waals surface area (Å²) in [6.07, 6.45) is 3.62. The number of amides is 1. The number of rotatable bonds is 2. The third-order valence-electron chi connectivity index (χ3n) is 2.72. The van der Waals surface area contributed by atoms with Crippen LogP contribution in [-0.4, -0.2) is 15.3 Å². The summed E-state index contributed by atoms with van der Waals surface area (Å²) in [5.41, 5.74) is 2.29. The second kappa shape index (κ2) is 4.27. The van der Waals surface area contributed by atoms with E-state index in [1.165, 1.54) is 11.3 Å². The van der Waals surface area contributed by atoms with Crippen LogP contribution < -0.4 is 5.32 Å². The Morgan fingerprint density at radius 1 is 1.39 bits per heavy atom. The van der Waals surface area contributed by atoms with E-state index < -0.39 is 0 Å². The Kier molecular flexibility index (Phi) is 2.60. The van der Waals surface area contributed by atoms with Gasteiger partial charge in [0.15, 0.2) is 4.96 Å². The van der Waals surface area contributed by atoms with Gasteiger partial charge in [0.05, 0.1) is 0 Å². The molecule has 0 bridgehead atoms.